The van der Waals surface area contributed by atoms with Gasteiger partial charge in [-0.2, -0.15) is 0 Å². The number of nitrogens with one attached hydrogen (secondary N) is 1. The summed E-state index contributed by atoms with van der Waals surface area (Å²) >= 11 is 1.70. The van der Waals surface area contributed by atoms with Crippen LogP contribution in [0.4, 0.5) is 0 Å². The van der Waals surface area contributed by atoms with Crippen molar-refractivity contribution in [1.82, 2.24) is 10.3 Å². The Morgan fingerprint density at radius 3 is 3.00 bits per heavy atom. The molecular formula is C11H18N2OS. The van der Waals surface area contributed by atoms with Crippen LogP contribution in [-0.4, -0.2) is 24.2 Å². The standard InChI is InChI=1S/C11H18N2OS/c1-3-14-8-11(2,13-9-4-5-9)10-12-6-7-15-10/h6-7,9,13H,3-5,8H2,1-2H3. The van der Waals surface area contributed by atoms with Gasteiger partial charge in [-0.05, 0) is 26.7 Å². The minimum Gasteiger partial charge on any atom is -0.379 e. The van der Waals surface area contributed by atoms with E-state index in [0.717, 1.165) is 11.6 Å². The van der Waals surface area contributed by atoms with Crippen molar-refractivity contribution in [2.45, 2.75) is 38.3 Å². The summed E-state index contributed by atoms with van der Waals surface area (Å²) < 4.78 is 5.56. The summed E-state index contributed by atoms with van der Waals surface area (Å²) in [4.78, 5) is 4.40. The molecule has 1 aromatic heterocycles. The summed E-state index contributed by atoms with van der Waals surface area (Å²) in [5.41, 5.74) is -0.106. The third-order valence-corrected chi connectivity index (χ3v) is 3.64. The van der Waals surface area contributed by atoms with Crippen LogP contribution in [0.2, 0.25) is 0 Å². The molecule has 1 aromatic rings. The van der Waals surface area contributed by atoms with Crippen molar-refractivity contribution in [2.24, 2.45) is 0 Å². The SMILES string of the molecule is CCOCC(C)(NC1CC1)c1nccs1. The molecule has 1 atom stereocenters. The molecule has 0 spiro atoms. The molecule has 2 rings (SSSR count). The normalized spacial score (nSPS) is 20.1. The second-order valence-electron chi connectivity index (χ2n) is 4.23. The Bertz CT molecular complexity index is 298. The van der Waals surface area contributed by atoms with E-state index in [9.17, 15) is 0 Å². The molecule has 1 aliphatic carbocycles. The van der Waals surface area contributed by atoms with Gasteiger partial charge in [-0.15, -0.1) is 11.3 Å². The van der Waals surface area contributed by atoms with Gasteiger partial charge >= 0.3 is 0 Å². The summed E-state index contributed by atoms with van der Waals surface area (Å²) in [6, 6.07) is 0.666. The highest BCUT2D eigenvalue weighted by Crippen LogP contribution is 2.29. The molecule has 1 heterocycles. The molecule has 0 aliphatic heterocycles. The number of hydrogen-bond acceptors (Lipinski definition) is 4. The molecular weight excluding hydrogens is 208 g/mol. The quantitative estimate of drug-likeness (QED) is 0.807. The van der Waals surface area contributed by atoms with Gasteiger partial charge in [-0.1, -0.05) is 0 Å². The van der Waals surface area contributed by atoms with Crippen LogP contribution in [0, 0.1) is 0 Å². The lowest BCUT2D eigenvalue weighted by Crippen LogP contribution is -2.44. The molecule has 3 nitrogen and oxygen atoms in total. The zero-order valence-electron chi connectivity index (χ0n) is 9.32. The van der Waals surface area contributed by atoms with E-state index in [1.807, 2.05) is 18.5 Å². The average molecular weight is 226 g/mol. The first kappa shape index (κ1) is 11.0. The van der Waals surface area contributed by atoms with Gasteiger partial charge in [0.05, 0.1) is 12.1 Å². The zero-order valence-corrected chi connectivity index (χ0v) is 10.1. The molecule has 1 N–H and O–H groups in total. The summed E-state index contributed by atoms with van der Waals surface area (Å²) in [7, 11) is 0. The van der Waals surface area contributed by atoms with Gasteiger partial charge < -0.3 is 10.1 Å². The zero-order chi connectivity index (χ0) is 10.7. The first-order chi connectivity index (χ1) is 7.24. The van der Waals surface area contributed by atoms with Gasteiger partial charge in [-0.25, -0.2) is 4.98 Å². The van der Waals surface area contributed by atoms with Crippen molar-refractivity contribution in [3.8, 4) is 0 Å². The van der Waals surface area contributed by atoms with E-state index in [-0.39, 0.29) is 5.54 Å². The number of rotatable bonds is 6. The van der Waals surface area contributed by atoms with Crippen LogP contribution >= 0.6 is 11.3 Å². The second-order valence-corrected chi connectivity index (χ2v) is 5.12. The maximum absolute atomic E-state index is 5.56. The van der Waals surface area contributed by atoms with E-state index in [1.165, 1.54) is 12.8 Å². The highest BCUT2D eigenvalue weighted by molar-refractivity contribution is 7.09. The molecule has 84 valence electrons. The van der Waals surface area contributed by atoms with Crippen molar-refractivity contribution >= 4 is 11.3 Å². The Labute approximate surface area is 94.9 Å². The molecule has 0 amide bonds. The van der Waals surface area contributed by atoms with E-state index >= 15 is 0 Å². The van der Waals surface area contributed by atoms with Crippen LogP contribution in [-0.2, 0) is 10.3 Å². The van der Waals surface area contributed by atoms with Crippen molar-refractivity contribution in [3.05, 3.63) is 16.6 Å². The monoisotopic (exact) mass is 226 g/mol. The maximum Gasteiger partial charge on any atom is 0.115 e. The van der Waals surface area contributed by atoms with Crippen LogP contribution in [0.3, 0.4) is 0 Å². The van der Waals surface area contributed by atoms with Gasteiger partial charge in [0.15, 0.2) is 0 Å². The molecule has 0 radical (unpaired) electrons. The number of ether oxygens (including phenoxy) is 1. The molecule has 1 saturated carbocycles. The average Bonchev–Trinajstić information content (AvgIpc) is 2.87. The van der Waals surface area contributed by atoms with Gasteiger partial charge in [0, 0.05) is 24.2 Å². The van der Waals surface area contributed by atoms with Crippen LogP contribution in [0.15, 0.2) is 11.6 Å². The number of hydrogen-bond donors (Lipinski definition) is 1. The van der Waals surface area contributed by atoms with E-state index in [0.29, 0.717) is 12.6 Å². The van der Waals surface area contributed by atoms with Crippen molar-refractivity contribution in [1.29, 1.82) is 0 Å². The third kappa shape index (κ3) is 2.77. The molecule has 1 fully saturated rings. The fraction of sp³-hybridized carbons (Fsp3) is 0.727. The second kappa shape index (κ2) is 4.60. The highest BCUT2D eigenvalue weighted by atomic mass is 32.1. The number of thiazole rings is 1. The van der Waals surface area contributed by atoms with E-state index in [2.05, 4.69) is 17.2 Å². The lowest BCUT2D eigenvalue weighted by molar-refractivity contribution is 0.0820. The third-order valence-electron chi connectivity index (χ3n) is 2.60. The van der Waals surface area contributed by atoms with E-state index < -0.39 is 0 Å². The minimum atomic E-state index is -0.106. The summed E-state index contributed by atoms with van der Waals surface area (Å²) in [5, 5.41) is 6.78. The predicted octanol–water partition coefficient (Wildman–Crippen LogP) is 2.15. The molecule has 1 unspecified atom stereocenters. The topological polar surface area (TPSA) is 34.1 Å². The fourth-order valence-corrected chi connectivity index (χ4v) is 2.40. The van der Waals surface area contributed by atoms with E-state index in [1.54, 1.807) is 11.3 Å². The predicted molar refractivity (Wildman–Crippen MR) is 62.1 cm³/mol. The maximum atomic E-state index is 5.56. The van der Waals surface area contributed by atoms with Crippen molar-refractivity contribution < 1.29 is 4.74 Å². The molecule has 4 heteroatoms. The summed E-state index contributed by atoms with van der Waals surface area (Å²) in [6.07, 6.45) is 4.43. The fourth-order valence-electron chi connectivity index (χ4n) is 1.65. The highest BCUT2D eigenvalue weighted by Gasteiger charge is 2.35. The Kier molecular flexibility index (Phi) is 3.38. The van der Waals surface area contributed by atoms with Crippen LogP contribution in [0.1, 0.15) is 31.7 Å². The van der Waals surface area contributed by atoms with E-state index in [4.69, 9.17) is 4.74 Å². The summed E-state index contributed by atoms with van der Waals surface area (Å²) in [5.74, 6) is 0. The number of aromatic nitrogens is 1. The van der Waals surface area contributed by atoms with Gasteiger partial charge in [0.25, 0.3) is 0 Å². The van der Waals surface area contributed by atoms with Gasteiger partial charge in [0.2, 0.25) is 0 Å². The first-order valence-corrected chi connectivity index (χ1v) is 6.38. The lowest BCUT2D eigenvalue weighted by Gasteiger charge is -2.28. The molecule has 0 bridgehead atoms. The Morgan fingerprint density at radius 2 is 2.47 bits per heavy atom. The Morgan fingerprint density at radius 1 is 1.67 bits per heavy atom. The minimum absolute atomic E-state index is 0.106. The summed E-state index contributed by atoms with van der Waals surface area (Å²) in [6.45, 7) is 5.67. The first-order valence-electron chi connectivity index (χ1n) is 5.50. The van der Waals surface area contributed by atoms with Crippen LogP contribution < -0.4 is 5.32 Å². The lowest BCUT2D eigenvalue weighted by atomic mass is 10.1. The van der Waals surface area contributed by atoms with Crippen LogP contribution in [0.25, 0.3) is 0 Å². The van der Waals surface area contributed by atoms with Gasteiger partial charge in [0.1, 0.15) is 5.01 Å². The smallest absolute Gasteiger partial charge is 0.115 e. The van der Waals surface area contributed by atoms with Crippen LogP contribution in [0.5, 0.6) is 0 Å². The van der Waals surface area contributed by atoms with Crippen molar-refractivity contribution in [2.75, 3.05) is 13.2 Å². The van der Waals surface area contributed by atoms with Crippen molar-refractivity contribution in [3.63, 3.8) is 0 Å². The molecule has 0 saturated heterocycles. The Hall–Kier alpha value is -0.450. The largest absolute Gasteiger partial charge is 0.379 e. The number of nitrogens with zero attached hydrogens (tertiary/aromatic N) is 1. The molecule has 15 heavy (non-hydrogen) atoms. The van der Waals surface area contributed by atoms with Gasteiger partial charge in [-0.3, -0.25) is 0 Å². The molecule has 1 aliphatic rings. The molecule has 0 aromatic carbocycles. The Balaban J connectivity index is 2.06.